The number of nitrogens with one attached hydrogen (secondary N) is 2. The maximum atomic E-state index is 5.34. The molecule has 5 heteroatoms. The summed E-state index contributed by atoms with van der Waals surface area (Å²) in [5.41, 5.74) is 1.17. The number of nitrogens with zero attached hydrogens (tertiary/aromatic N) is 2. The summed E-state index contributed by atoms with van der Waals surface area (Å²) in [6.07, 6.45) is 8.33. The molecular weight excluding hydrogens is 244 g/mol. The van der Waals surface area contributed by atoms with Crippen LogP contribution in [0.3, 0.4) is 0 Å². The van der Waals surface area contributed by atoms with Gasteiger partial charge in [0.1, 0.15) is 0 Å². The van der Waals surface area contributed by atoms with Crippen LogP contribution in [0, 0.1) is 0 Å². The van der Waals surface area contributed by atoms with Gasteiger partial charge in [-0.2, -0.15) is 5.10 Å². The highest BCUT2D eigenvalue weighted by atomic mass is 32.1. The van der Waals surface area contributed by atoms with Crippen molar-refractivity contribution in [2.45, 2.75) is 58.2 Å². The molecule has 0 unspecified atom stereocenters. The Kier molecular flexibility index (Phi) is 4.99. The Labute approximate surface area is 114 Å². The first-order chi connectivity index (χ1) is 8.79. The number of aryl methyl sites for hydroxylation is 1. The summed E-state index contributed by atoms with van der Waals surface area (Å²) in [5.74, 6) is 0. The summed E-state index contributed by atoms with van der Waals surface area (Å²) in [4.78, 5) is 0. The standard InChI is InChI=1S/C13H22N4S/c1-2-17-12(8-9-15-17)10-14-13(18)16-11-6-4-3-5-7-11/h8-9,11H,2-7,10H2,1H3,(H2,14,16,18). The maximum Gasteiger partial charge on any atom is 0.166 e. The van der Waals surface area contributed by atoms with Crippen LogP contribution >= 0.6 is 12.2 Å². The van der Waals surface area contributed by atoms with Gasteiger partial charge >= 0.3 is 0 Å². The summed E-state index contributed by atoms with van der Waals surface area (Å²) >= 11 is 5.34. The van der Waals surface area contributed by atoms with E-state index in [1.165, 1.54) is 37.8 Å². The van der Waals surface area contributed by atoms with E-state index in [4.69, 9.17) is 12.2 Å². The molecule has 0 saturated heterocycles. The topological polar surface area (TPSA) is 41.9 Å². The number of hydrogen-bond acceptors (Lipinski definition) is 2. The second kappa shape index (κ2) is 6.73. The molecular formula is C13H22N4S. The van der Waals surface area contributed by atoms with E-state index in [1.54, 1.807) is 0 Å². The van der Waals surface area contributed by atoms with Crippen molar-refractivity contribution >= 4 is 17.3 Å². The van der Waals surface area contributed by atoms with Crippen molar-refractivity contribution < 1.29 is 0 Å². The molecule has 100 valence electrons. The Bertz CT molecular complexity index is 382. The Morgan fingerprint density at radius 1 is 1.44 bits per heavy atom. The predicted octanol–water partition coefficient (Wildman–Crippen LogP) is 2.20. The zero-order valence-corrected chi connectivity index (χ0v) is 11.8. The fourth-order valence-corrected chi connectivity index (χ4v) is 2.69. The first-order valence-electron chi connectivity index (χ1n) is 6.84. The summed E-state index contributed by atoms with van der Waals surface area (Å²) in [5, 5.41) is 11.7. The van der Waals surface area contributed by atoms with Crippen molar-refractivity contribution in [2.24, 2.45) is 0 Å². The third kappa shape index (κ3) is 3.70. The highest BCUT2D eigenvalue weighted by Gasteiger charge is 2.13. The van der Waals surface area contributed by atoms with Gasteiger partial charge in [-0.1, -0.05) is 19.3 Å². The van der Waals surface area contributed by atoms with Gasteiger partial charge in [0.2, 0.25) is 0 Å². The van der Waals surface area contributed by atoms with Crippen LogP contribution in [-0.4, -0.2) is 20.9 Å². The van der Waals surface area contributed by atoms with E-state index >= 15 is 0 Å². The molecule has 18 heavy (non-hydrogen) atoms. The van der Waals surface area contributed by atoms with Gasteiger partial charge < -0.3 is 10.6 Å². The number of rotatable bonds is 4. The zero-order chi connectivity index (χ0) is 12.8. The van der Waals surface area contributed by atoms with E-state index < -0.39 is 0 Å². The summed E-state index contributed by atoms with van der Waals surface area (Å²) < 4.78 is 1.98. The van der Waals surface area contributed by atoms with Gasteiger partial charge in [-0.3, -0.25) is 4.68 Å². The molecule has 0 amide bonds. The Morgan fingerprint density at radius 2 is 2.22 bits per heavy atom. The summed E-state index contributed by atoms with van der Waals surface area (Å²) in [6.45, 7) is 3.73. The predicted molar refractivity (Wildman–Crippen MR) is 77.3 cm³/mol. The van der Waals surface area contributed by atoms with Gasteiger partial charge in [0.25, 0.3) is 0 Å². The van der Waals surface area contributed by atoms with Gasteiger partial charge in [0.15, 0.2) is 5.11 Å². The summed E-state index contributed by atoms with van der Waals surface area (Å²) in [7, 11) is 0. The minimum Gasteiger partial charge on any atom is -0.360 e. The lowest BCUT2D eigenvalue weighted by Gasteiger charge is -2.24. The average molecular weight is 266 g/mol. The lowest BCUT2D eigenvalue weighted by Crippen LogP contribution is -2.42. The van der Waals surface area contributed by atoms with Crippen LogP contribution in [0.2, 0.25) is 0 Å². The van der Waals surface area contributed by atoms with Crippen molar-refractivity contribution in [3.63, 3.8) is 0 Å². The number of hydrogen-bond donors (Lipinski definition) is 2. The lowest BCUT2D eigenvalue weighted by atomic mass is 9.96. The van der Waals surface area contributed by atoms with Gasteiger partial charge in [0.05, 0.1) is 12.2 Å². The fourth-order valence-electron chi connectivity index (χ4n) is 2.45. The minimum atomic E-state index is 0.565. The molecule has 1 aliphatic carbocycles. The monoisotopic (exact) mass is 266 g/mol. The highest BCUT2D eigenvalue weighted by molar-refractivity contribution is 7.80. The van der Waals surface area contributed by atoms with Crippen LogP contribution in [0.1, 0.15) is 44.7 Å². The zero-order valence-electron chi connectivity index (χ0n) is 11.0. The van der Waals surface area contributed by atoms with Crippen LogP contribution in [-0.2, 0) is 13.1 Å². The smallest absolute Gasteiger partial charge is 0.166 e. The molecule has 0 atom stereocenters. The van der Waals surface area contributed by atoms with E-state index in [9.17, 15) is 0 Å². The molecule has 0 radical (unpaired) electrons. The largest absolute Gasteiger partial charge is 0.360 e. The van der Waals surface area contributed by atoms with Crippen LogP contribution in [0.15, 0.2) is 12.3 Å². The Hall–Kier alpha value is -1.10. The van der Waals surface area contributed by atoms with E-state index in [1.807, 2.05) is 16.9 Å². The molecule has 0 bridgehead atoms. The summed E-state index contributed by atoms with van der Waals surface area (Å²) in [6, 6.07) is 2.59. The minimum absolute atomic E-state index is 0.565. The average Bonchev–Trinajstić information content (AvgIpc) is 2.85. The fraction of sp³-hybridized carbons (Fsp3) is 0.692. The highest BCUT2D eigenvalue weighted by Crippen LogP contribution is 2.17. The molecule has 1 aromatic heterocycles. The molecule has 0 aliphatic heterocycles. The van der Waals surface area contributed by atoms with Crippen LogP contribution in [0.25, 0.3) is 0 Å². The van der Waals surface area contributed by atoms with E-state index in [2.05, 4.69) is 22.7 Å². The first-order valence-corrected chi connectivity index (χ1v) is 7.25. The molecule has 4 nitrogen and oxygen atoms in total. The third-order valence-electron chi connectivity index (χ3n) is 3.47. The molecule has 1 saturated carbocycles. The normalized spacial score (nSPS) is 16.5. The molecule has 2 rings (SSSR count). The molecule has 0 aromatic carbocycles. The quantitative estimate of drug-likeness (QED) is 0.820. The number of aromatic nitrogens is 2. The Morgan fingerprint density at radius 3 is 2.94 bits per heavy atom. The first kappa shape index (κ1) is 13.3. The van der Waals surface area contributed by atoms with Crippen molar-refractivity contribution in [3.05, 3.63) is 18.0 Å². The maximum absolute atomic E-state index is 5.34. The van der Waals surface area contributed by atoms with Crippen LogP contribution in [0.5, 0.6) is 0 Å². The van der Waals surface area contributed by atoms with Gasteiger partial charge in [-0.25, -0.2) is 0 Å². The molecule has 1 aromatic rings. The van der Waals surface area contributed by atoms with E-state index in [0.717, 1.165) is 18.2 Å². The van der Waals surface area contributed by atoms with Gasteiger partial charge in [-0.15, -0.1) is 0 Å². The van der Waals surface area contributed by atoms with Crippen molar-refractivity contribution in [1.29, 1.82) is 0 Å². The molecule has 1 aliphatic rings. The van der Waals surface area contributed by atoms with Crippen LogP contribution in [0.4, 0.5) is 0 Å². The molecule has 0 spiro atoms. The molecule has 1 fully saturated rings. The van der Waals surface area contributed by atoms with Crippen molar-refractivity contribution in [2.75, 3.05) is 0 Å². The Balaban J connectivity index is 1.74. The second-order valence-corrected chi connectivity index (χ2v) is 5.21. The lowest BCUT2D eigenvalue weighted by molar-refractivity contribution is 0.412. The number of thiocarbonyl (C=S) groups is 1. The van der Waals surface area contributed by atoms with Gasteiger partial charge in [0, 0.05) is 18.8 Å². The van der Waals surface area contributed by atoms with E-state index in [0.29, 0.717) is 6.04 Å². The van der Waals surface area contributed by atoms with E-state index in [-0.39, 0.29) is 0 Å². The second-order valence-electron chi connectivity index (χ2n) is 4.80. The molecule has 1 heterocycles. The van der Waals surface area contributed by atoms with Crippen LogP contribution < -0.4 is 10.6 Å². The molecule has 2 N–H and O–H groups in total. The SMILES string of the molecule is CCn1nccc1CNC(=S)NC1CCCCC1. The van der Waals surface area contributed by atoms with Crippen molar-refractivity contribution in [1.82, 2.24) is 20.4 Å². The van der Waals surface area contributed by atoms with Crippen molar-refractivity contribution in [3.8, 4) is 0 Å². The third-order valence-corrected chi connectivity index (χ3v) is 3.74. The van der Waals surface area contributed by atoms with Gasteiger partial charge in [-0.05, 0) is 38.0 Å².